The summed E-state index contributed by atoms with van der Waals surface area (Å²) in [7, 11) is 0. The minimum absolute atomic E-state index is 0.501. The smallest absolute Gasteiger partial charge is 0.101 e. The maximum atomic E-state index is 10.6. The van der Waals surface area contributed by atoms with Crippen LogP contribution in [0.5, 0.6) is 0 Å². The highest BCUT2D eigenvalue weighted by Gasteiger charge is 2.22. The number of nitrogens with zero attached hydrogens (tertiary/aromatic N) is 4. The van der Waals surface area contributed by atoms with Gasteiger partial charge in [0.25, 0.3) is 0 Å². The van der Waals surface area contributed by atoms with Crippen LogP contribution >= 0.6 is 0 Å². The van der Waals surface area contributed by atoms with Crippen LogP contribution in [0.15, 0.2) is 133 Å². The monoisotopic (exact) mass is 558 g/mol. The minimum Gasteiger partial charge on any atom is -0.308 e. The topological polar surface area (TPSA) is 57.4 Å². The Morgan fingerprint density at radius 3 is 1.20 bits per heavy atom. The van der Waals surface area contributed by atoms with Gasteiger partial charge in [-0.1, -0.05) is 97.1 Å². The molecule has 0 N–H and O–H groups in total. The second-order valence-corrected chi connectivity index (χ2v) is 11.2. The molecule has 0 aliphatic rings. The summed E-state index contributed by atoms with van der Waals surface area (Å²) in [4.78, 5) is 0. The number of para-hydroxylation sites is 2. The summed E-state index contributed by atoms with van der Waals surface area (Å²) in [5.41, 5.74) is 6.39. The average Bonchev–Trinajstić information content (AvgIpc) is 3.61. The van der Waals surface area contributed by atoms with E-state index in [1.807, 2.05) is 24.3 Å². The molecule has 0 atom stereocenters. The predicted molar refractivity (Wildman–Crippen MR) is 180 cm³/mol. The van der Waals surface area contributed by atoms with E-state index in [9.17, 15) is 10.5 Å². The van der Waals surface area contributed by atoms with Crippen LogP contribution < -0.4 is 0 Å². The molecule has 0 bridgehead atoms. The Labute approximate surface area is 252 Å². The first-order valence-corrected chi connectivity index (χ1v) is 14.6. The molecule has 2 aromatic heterocycles. The average molecular weight is 559 g/mol. The fraction of sp³-hybridized carbons (Fsp3) is 0. The first kappa shape index (κ1) is 24.3. The summed E-state index contributed by atoms with van der Waals surface area (Å²) < 4.78 is 4.28. The van der Waals surface area contributed by atoms with Crippen molar-refractivity contribution in [2.45, 2.75) is 0 Å². The molecule has 0 aliphatic carbocycles. The van der Waals surface area contributed by atoms with Crippen molar-refractivity contribution in [3.8, 4) is 23.5 Å². The van der Waals surface area contributed by atoms with Gasteiger partial charge in [-0.05, 0) is 57.9 Å². The van der Waals surface area contributed by atoms with Crippen molar-refractivity contribution < 1.29 is 0 Å². The lowest BCUT2D eigenvalue weighted by molar-refractivity contribution is 1.12. The Balaban J connectivity index is 1.40. The number of fused-ring (bicyclic) bond motifs is 10. The van der Waals surface area contributed by atoms with Crippen molar-refractivity contribution in [1.29, 1.82) is 10.5 Å². The number of hydrogen-bond donors (Lipinski definition) is 0. The van der Waals surface area contributed by atoms with Crippen molar-refractivity contribution in [2.24, 2.45) is 0 Å². The van der Waals surface area contributed by atoms with Gasteiger partial charge < -0.3 is 9.13 Å². The molecule has 0 unspecified atom stereocenters. The second kappa shape index (κ2) is 9.07. The summed E-state index contributed by atoms with van der Waals surface area (Å²) in [5, 5.41) is 30.4. The van der Waals surface area contributed by atoms with Gasteiger partial charge in [-0.25, -0.2) is 0 Å². The van der Waals surface area contributed by atoms with Crippen LogP contribution in [0, 0.1) is 22.7 Å². The van der Waals surface area contributed by atoms with Crippen LogP contribution in [0.25, 0.3) is 76.5 Å². The quantitative estimate of drug-likeness (QED) is 0.212. The van der Waals surface area contributed by atoms with Crippen LogP contribution in [0.1, 0.15) is 11.1 Å². The molecule has 4 heteroatoms. The molecule has 0 radical (unpaired) electrons. The Kier molecular flexibility index (Phi) is 5.00. The highest BCUT2D eigenvalue weighted by molar-refractivity contribution is 6.22. The largest absolute Gasteiger partial charge is 0.308 e. The first-order valence-electron chi connectivity index (χ1n) is 14.6. The third kappa shape index (κ3) is 3.20. The fourth-order valence-electron chi connectivity index (χ4n) is 7.12. The van der Waals surface area contributed by atoms with Gasteiger partial charge in [-0.2, -0.15) is 10.5 Å². The molecule has 0 fully saturated rings. The van der Waals surface area contributed by atoms with Crippen LogP contribution in [0.2, 0.25) is 0 Å². The Morgan fingerprint density at radius 1 is 0.386 bits per heavy atom. The zero-order valence-electron chi connectivity index (χ0n) is 23.5. The molecule has 0 saturated heterocycles. The van der Waals surface area contributed by atoms with E-state index in [2.05, 4.69) is 130 Å². The molecule has 7 aromatic carbocycles. The lowest BCUT2D eigenvalue weighted by atomic mass is 10.0. The zero-order valence-corrected chi connectivity index (χ0v) is 23.5. The number of benzene rings is 7. The van der Waals surface area contributed by atoms with Crippen LogP contribution in [0.3, 0.4) is 0 Å². The van der Waals surface area contributed by atoms with Gasteiger partial charge in [0.1, 0.15) is 12.1 Å². The molecule has 0 amide bonds. The molecule has 44 heavy (non-hydrogen) atoms. The Bertz CT molecular complexity index is 2550. The minimum atomic E-state index is 0.501. The summed E-state index contributed by atoms with van der Waals surface area (Å²) in [6.07, 6.45) is 0. The predicted octanol–water partition coefficient (Wildman–Crippen LogP) is 9.93. The van der Waals surface area contributed by atoms with Gasteiger partial charge in [-0.15, -0.1) is 0 Å². The van der Waals surface area contributed by atoms with E-state index < -0.39 is 0 Å². The van der Waals surface area contributed by atoms with E-state index in [4.69, 9.17) is 0 Å². The number of aromatic nitrogens is 2. The Morgan fingerprint density at radius 2 is 0.773 bits per heavy atom. The van der Waals surface area contributed by atoms with E-state index >= 15 is 0 Å². The highest BCUT2D eigenvalue weighted by Crippen LogP contribution is 2.41. The zero-order chi connectivity index (χ0) is 29.4. The normalized spacial score (nSPS) is 11.6. The summed E-state index contributed by atoms with van der Waals surface area (Å²) in [6, 6.07) is 50.6. The first-order chi connectivity index (χ1) is 21.8. The van der Waals surface area contributed by atoms with Crippen LogP contribution in [0.4, 0.5) is 0 Å². The van der Waals surface area contributed by atoms with E-state index in [1.165, 1.54) is 0 Å². The molecule has 0 spiro atoms. The molecule has 4 nitrogen and oxygen atoms in total. The standard InChI is InChI=1S/C40H22N4/c41-23-27-22-38(44-34-16-8-6-14-32(34)40-30-12-4-2-10-26(30)18-20-36(40)44)28(24-42)21-37(27)43-33-15-7-5-13-31(33)39-29-11-3-1-9-25(29)17-19-35(39)43/h1-22H. The third-order valence-corrected chi connectivity index (χ3v) is 8.96. The third-order valence-electron chi connectivity index (χ3n) is 8.96. The molecule has 0 aliphatic heterocycles. The molecule has 0 saturated carbocycles. The van der Waals surface area contributed by atoms with Crippen molar-refractivity contribution >= 4 is 65.2 Å². The lowest BCUT2D eigenvalue weighted by Crippen LogP contribution is -2.04. The second-order valence-electron chi connectivity index (χ2n) is 11.2. The number of rotatable bonds is 2. The van der Waals surface area contributed by atoms with Crippen molar-refractivity contribution in [2.75, 3.05) is 0 Å². The number of nitriles is 2. The summed E-state index contributed by atoms with van der Waals surface area (Å²) in [6.45, 7) is 0. The SMILES string of the molecule is N#Cc1cc(-n2c3ccccc3c3c4ccccc4ccc32)c(C#N)cc1-n1c2ccccc2c2c3ccccc3ccc21. The van der Waals surface area contributed by atoms with E-state index in [0.29, 0.717) is 22.5 Å². The van der Waals surface area contributed by atoms with Crippen molar-refractivity contribution in [3.63, 3.8) is 0 Å². The number of hydrogen-bond acceptors (Lipinski definition) is 2. The Hall–Kier alpha value is -6.36. The molecule has 2 heterocycles. The molecule has 9 rings (SSSR count). The van der Waals surface area contributed by atoms with Gasteiger partial charge in [-0.3, -0.25) is 0 Å². The van der Waals surface area contributed by atoms with Gasteiger partial charge in [0, 0.05) is 21.5 Å². The molecule has 202 valence electrons. The molecular formula is C40H22N4. The lowest BCUT2D eigenvalue weighted by Gasteiger charge is -2.15. The van der Waals surface area contributed by atoms with E-state index in [-0.39, 0.29) is 0 Å². The van der Waals surface area contributed by atoms with Gasteiger partial charge in [0.05, 0.1) is 44.6 Å². The fourth-order valence-corrected chi connectivity index (χ4v) is 7.12. The maximum Gasteiger partial charge on any atom is 0.101 e. The van der Waals surface area contributed by atoms with Crippen molar-refractivity contribution in [3.05, 3.63) is 145 Å². The highest BCUT2D eigenvalue weighted by atomic mass is 15.0. The molecule has 9 aromatic rings. The summed E-state index contributed by atoms with van der Waals surface area (Å²) in [5.74, 6) is 0. The van der Waals surface area contributed by atoms with Gasteiger partial charge in [0.15, 0.2) is 0 Å². The molecular weight excluding hydrogens is 536 g/mol. The summed E-state index contributed by atoms with van der Waals surface area (Å²) >= 11 is 0. The van der Waals surface area contributed by atoms with E-state index in [0.717, 1.165) is 65.2 Å². The van der Waals surface area contributed by atoms with Crippen LogP contribution in [-0.4, -0.2) is 9.13 Å². The van der Waals surface area contributed by atoms with Crippen molar-refractivity contribution in [1.82, 2.24) is 9.13 Å². The van der Waals surface area contributed by atoms with Crippen LogP contribution in [-0.2, 0) is 0 Å². The maximum absolute atomic E-state index is 10.6. The van der Waals surface area contributed by atoms with E-state index in [1.54, 1.807) is 0 Å². The van der Waals surface area contributed by atoms with Gasteiger partial charge >= 0.3 is 0 Å². The van der Waals surface area contributed by atoms with Gasteiger partial charge in [0.2, 0.25) is 0 Å².